The number of β-lactam (4-membered cyclic amide) rings is 1. The minimum atomic E-state index is -0.250. The van der Waals surface area contributed by atoms with Crippen LogP contribution in [0.5, 0.6) is 11.5 Å². The van der Waals surface area contributed by atoms with Crippen molar-refractivity contribution in [3.05, 3.63) is 84.4 Å². The second-order valence-corrected chi connectivity index (χ2v) is 6.76. The van der Waals surface area contributed by atoms with E-state index in [0.29, 0.717) is 0 Å². The topological polar surface area (TPSA) is 51.1 Å². The van der Waals surface area contributed by atoms with Crippen molar-refractivity contribution in [2.75, 3.05) is 19.1 Å². The molecule has 4 rings (SSSR count). The first kappa shape index (κ1) is 18.7. The largest absolute Gasteiger partial charge is 0.497 e. The van der Waals surface area contributed by atoms with Gasteiger partial charge in [-0.15, -0.1) is 0 Å². The fraction of sp³-hybridized carbons (Fsp3) is 0.167. The third-order valence-electron chi connectivity index (χ3n) is 5.10. The van der Waals surface area contributed by atoms with E-state index >= 15 is 0 Å². The molecule has 0 radical (unpaired) electrons. The van der Waals surface area contributed by atoms with E-state index in [1.54, 1.807) is 19.1 Å². The molecule has 1 aliphatic rings. The summed E-state index contributed by atoms with van der Waals surface area (Å²) in [6.45, 7) is 0. The third-order valence-corrected chi connectivity index (χ3v) is 5.10. The van der Waals surface area contributed by atoms with Gasteiger partial charge in [0.2, 0.25) is 5.91 Å². The van der Waals surface area contributed by atoms with Crippen molar-refractivity contribution in [2.45, 2.75) is 12.0 Å². The number of hydrogen-bond acceptors (Lipinski definition) is 4. The highest BCUT2D eigenvalue weighted by Gasteiger charge is 2.47. The number of ether oxygens (including phenoxy) is 2. The summed E-state index contributed by atoms with van der Waals surface area (Å²) in [5, 5.41) is 0. The molecule has 5 heteroatoms. The molecule has 1 saturated heterocycles. The first-order valence-electron chi connectivity index (χ1n) is 9.41. The van der Waals surface area contributed by atoms with Crippen LogP contribution in [0.3, 0.4) is 0 Å². The Kier molecular flexibility index (Phi) is 5.29. The van der Waals surface area contributed by atoms with Crippen molar-refractivity contribution >= 4 is 23.5 Å². The minimum absolute atomic E-state index is 0.0625. The molecule has 0 N–H and O–H groups in total. The summed E-state index contributed by atoms with van der Waals surface area (Å²) in [6.07, 6.45) is 1.85. The van der Waals surface area contributed by atoms with Crippen molar-refractivity contribution in [2.24, 2.45) is 4.99 Å². The lowest BCUT2D eigenvalue weighted by Crippen LogP contribution is -2.60. The second-order valence-electron chi connectivity index (χ2n) is 6.76. The van der Waals surface area contributed by atoms with E-state index in [1.165, 1.54) is 0 Å². The van der Waals surface area contributed by atoms with Gasteiger partial charge in [0, 0.05) is 11.9 Å². The standard InChI is InChI=1S/C24H22N2O3/c1-28-20-12-8-18(9-13-20)25-16-22-23(17-6-4-3-5-7-17)24(27)26(22)19-10-14-21(29-2)15-11-19/h3-16,22-23H,1-2H3/t22-,23+/m1/s1. The van der Waals surface area contributed by atoms with Gasteiger partial charge in [0.1, 0.15) is 11.5 Å². The quantitative estimate of drug-likeness (QED) is 0.459. The maximum Gasteiger partial charge on any atom is 0.237 e. The average Bonchev–Trinajstić information content (AvgIpc) is 2.78. The summed E-state index contributed by atoms with van der Waals surface area (Å²) in [5.74, 6) is 1.35. The van der Waals surface area contributed by atoms with Gasteiger partial charge >= 0.3 is 0 Å². The van der Waals surface area contributed by atoms with Gasteiger partial charge in [0.05, 0.1) is 31.9 Å². The number of rotatable bonds is 6. The van der Waals surface area contributed by atoms with Gasteiger partial charge in [0.15, 0.2) is 0 Å². The summed E-state index contributed by atoms with van der Waals surface area (Å²) in [5.41, 5.74) is 2.63. The Morgan fingerprint density at radius 3 is 2.00 bits per heavy atom. The second kappa shape index (κ2) is 8.19. The monoisotopic (exact) mass is 386 g/mol. The van der Waals surface area contributed by atoms with Crippen LogP contribution < -0.4 is 14.4 Å². The van der Waals surface area contributed by atoms with Crippen molar-refractivity contribution in [3.63, 3.8) is 0 Å². The number of carbonyl (C=O) groups excluding carboxylic acids is 1. The fourth-order valence-electron chi connectivity index (χ4n) is 3.54. The van der Waals surface area contributed by atoms with Crippen LogP contribution in [0.25, 0.3) is 0 Å². The molecule has 5 nitrogen and oxygen atoms in total. The Hall–Kier alpha value is -3.60. The molecule has 29 heavy (non-hydrogen) atoms. The van der Waals surface area contributed by atoms with Gasteiger partial charge in [-0.05, 0) is 54.1 Å². The highest BCUT2D eigenvalue weighted by atomic mass is 16.5. The smallest absolute Gasteiger partial charge is 0.237 e. The van der Waals surface area contributed by atoms with Gasteiger partial charge < -0.3 is 14.4 Å². The molecule has 0 aromatic heterocycles. The Labute approximate surface area is 170 Å². The van der Waals surface area contributed by atoms with E-state index in [2.05, 4.69) is 4.99 Å². The Balaban J connectivity index is 1.64. The number of methoxy groups -OCH3 is 2. The van der Waals surface area contributed by atoms with Crippen molar-refractivity contribution in [1.82, 2.24) is 0 Å². The number of hydrogen-bond donors (Lipinski definition) is 0. The zero-order valence-electron chi connectivity index (χ0n) is 16.4. The predicted octanol–water partition coefficient (Wildman–Crippen LogP) is 4.61. The maximum absolute atomic E-state index is 13.0. The number of benzene rings is 3. The molecule has 0 spiro atoms. The normalized spacial score (nSPS) is 18.6. The zero-order chi connectivity index (χ0) is 20.2. The molecular weight excluding hydrogens is 364 g/mol. The molecule has 1 aliphatic heterocycles. The molecular formula is C24H22N2O3. The summed E-state index contributed by atoms with van der Waals surface area (Å²) in [6, 6.07) is 24.7. The molecule has 3 aromatic rings. The molecule has 1 heterocycles. The van der Waals surface area contributed by atoms with E-state index in [9.17, 15) is 4.79 Å². The highest BCUT2D eigenvalue weighted by Crippen LogP contribution is 2.39. The van der Waals surface area contributed by atoms with Crippen molar-refractivity contribution in [1.29, 1.82) is 0 Å². The summed E-state index contributed by atoms with van der Waals surface area (Å²) in [7, 11) is 3.26. The van der Waals surface area contributed by atoms with Crippen LogP contribution >= 0.6 is 0 Å². The van der Waals surface area contributed by atoms with Gasteiger partial charge in [-0.1, -0.05) is 30.3 Å². The van der Waals surface area contributed by atoms with E-state index in [-0.39, 0.29) is 17.9 Å². The molecule has 0 saturated carbocycles. The van der Waals surface area contributed by atoms with E-state index in [1.807, 2.05) is 85.1 Å². The predicted molar refractivity (Wildman–Crippen MR) is 115 cm³/mol. The van der Waals surface area contributed by atoms with E-state index in [0.717, 1.165) is 28.4 Å². The minimum Gasteiger partial charge on any atom is -0.497 e. The molecule has 1 amide bonds. The van der Waals surface area contributed by atoms with Crippen LogP contribution in [0.15, 0.2) is 83.9 Å². The highest BCUT2D eigenvalue weighted by molar-refractivity contribution is 6.12. The molecule has 2 atom stereocenters. The SMILES string of the molecule is COc1ccc(N=C[C@@H]2[C@H](c3ccccc3)C(=O)N2c2ccc(OC)cc2)cc1. The average molecular weight is 386 g/mol. The number of nitrogens with zero attached hydrogens (tertiary/aromatic N) is 2. The van der Waals surface area contributed by atoms with Crippen LogP contribution in [-0.2, 0) is 4.79 Å². The number of aliphatic imine (C=N–C) groups is 1. The van der Waals surface area contributed by atoms with E-state index in [4.69, 9.17) is 9.47 Å². The lowest BCUT2D eigenvalue weighted by atomic mass is 9.81. The summed E-state index contributed by atoms with van der Waals surface area (Å²) < 4.78 is 10.4. The first-order valence-corrected chi connectivity index (χ1v) is 9.41. The van der Waals surface area contributed by atoms with Gasteiger partial charge in [0.25, 0.3) is 0 Å². The number of amides is 1. The molecule has 0 bridgehead atoms. The number of anilines is 1. The van der Waals surface area contributed by atoms with Gasteiger partial charge in [-0.3, -0.25) is 9.79 Å². The Bertz CT molecular complexity index is 999. The van der Waals surface area contributed by atoms with Crippen molar-refractivity contribution in [3.8, 4) is 11.5 Å². The third kappa shape index (κ3) is 3.72. The van der Waals surface area contributed by atoms with Gasteiger partial charge in [-0.25, -0.2) is 0 Å². The molecule has 1 fully saturated rings. The molecule has 146 valence electrons. The summed E-state index contributed by atoms with van der Waals surface area (Å²) in [4.78, 5) is 19.4. The molecule has 0 unspecified atom stereocenters. The molecule has 0 aliphatic carbocycles. The van der Waals surface area contributed by atoms with Crippen molar-refractivity contribution < 1.29 is 14.3 Å². The maximum atomic E-state index is 13.0. The first-order chi connectivity index (χ1) is 14.2. The van der Waals surface area contributed by atoms with Crippen LogP contribution in [0.2, 0.25) is 0 Å². The summed E-state index contributed by atoms with van der Waals surface area (Å²) >= 11 is 0. The lowest BCUT2D eigenvalue weighted by Gasteiger charge is -2.45. The van der Waals surface area contributed by atoms with E-state index < -0.39 is 0 Å². The van der Waals surface area contributed by atoms with Crippen LogP contribution in [-0.4, -0.2) is 32.4 Å². The van der Waals surface area contributed by atoms with Crippen LogP contribution in [0.4, 0.5) is 11.4 Å². The lowest BCUT2D eigenvalue weighted by molar-refractivity contribution is -0.125. The fourth-order valence-corrected chi connectivity index (χ4v) is 3.54. The Morgan fingerprint density at radius 2 is 1.41 bits per heavy atom. The van der Waals surface area contributed by atoms with Crippen LogP contribution in [0, 0.1) is 0 Å². The Morgan fingerprint density at radius 1 is 0.828 bits per heavy atom. The van der Waals surface area contributed by atoms with Crippen LogP contribution in [0.1, 0.15) is 11.5 Å². The molecule has 3 aromatic carbocycles. The van der Waals surface area contributed by atoms with Gasteiger partial charge in [-0.2, -0.15) is 0 Å². The zero-order valence-corrected chi connectivity index (χ0v) is 16.4. The number of carbonyl (C=O) groups is 1.